The average Bonchev–Trinajstić information content (AvgIpc) is 2.30. The summed E-state index contributed by atoms with van der Waals surface area (Å²) in [7, 11) is 2.05. The Bertz CT molecular complexity index is 263. The minimum Gasteiger partial charge on any atom is -0.332 e. The van der Waals surface area contributed by atoms with E-state index in [0.717, 1.165) is 6.54 Å². The summed E-state index contributed by atoms with van der Waals surface area (Å²) < 4.78 is 0. The number of nitrogens with zero attached hydrogens (tertiary/aromatic N) is 3. The zero-order chi connectivity index (χ0) is 7.84. The maximum Gasteiger partial charge on any atom is 0.131 e. The van der Waals surface area contributed by atoms with E-state index in [1.807, 2.05) is 12.4 Å². The third-order valence-electron chi connectivity index (χ3n) is 2.08. The van der Waals surface area contributed by atoms with Crippen molar-refractivity contribution in [1.82, 2.24) is 9.80 Å². The summed E-state index contributed by atoms with van der Waals surface area (Å²) >= 11 is 0. The summed E-state index contributed by atoms with van der Waals surface area (Å²) in [5.41, 5.74) is 1.27. The van der Waals surface area contributed by atoms with Crippen molar-refractivity contribution in [2.24, 2.45) is 4.99 Å². The summed E-state index contributed by atoms with van der Waals surface area (Å²) in [5, 5.41) is 0. The summed E-state index contributed by atoms with van der Waals surface area (Å²) in [6.07, 6.45) is 5.93. The summed E-state index contributed by atoms with van der Waals surface area (Å²) in [5.74, 6) is 1.17. The van der Waals surface area contributed by atoms with Gasteiger partial charge in [-0.3, -0.25) is 4.99 Å². The third kappa shape index (κ3) is 0.843. The number of allylic oxidation sites excluding steroid dienone is 1. The lowest BCUT2D eigenvalue weighted by atomic mass is 10.5. The highest BCUT2D eigenvalue weighted by molar-refractivity contribution is 5.63. The standard InChI is InChI=1S/C8H11N3/c1-7-6-11-4-3-9-5-8(11)10(7)2/h3,5-6H,4H2,1-2H3. The molecule has 2 aliphatic heterocycles. The molecule has 0 amide bonds. The molecule has 3 nitrogen and oxygen atoms in total. The van der Waals surface area contributed by atoms with Gasteiger partial charge in [0.2, 0.25) is 0 Å². The maximum atomic E-state index is 4.10. The van der Waals surface area contributed by atoms with Gasteiger partial charge in [-0.05, 0) is 6.92 Å². The minimum atomic E-state index is 0.896. The number of rotatable bonds is 0. The summed E-state index contributed by atoms with van der Waals surface area (Å²) in [4.78, 5) is 8.42. The second-order valence-corrected chi connectivity index (χ2v) is 2.80. The van der Waals surface area contributed by atoms with Crippen molar-refractivity contribution in [2.75, 3.05) is 13.6 Å². The fourth-order valence-electron chi connectivity index (χ4n) is 1.31. The van der Waals surface area contributed by atoms with E-state index in [-0.39, 0.29) is 0 Å². The normalized spacial score (nSPS) is 21.6. The molecule has 11 heavy (non-hydrogen) atoms. The van der Waals surface area contributed by atoms with Gasteiger partial charge < -0.3 is 9.80 Å². The van der Waals surface area contributed by atoms with E-state index in [4.69, 9.17) is 0 Å². The first kappa shape index (κ1) is 6.46. The van der Waals surface area contributed by atoms with Crippen molar-refractivity contribution < 1.29 is 0 Å². The molecule has 0 N–H and O–H groups in total. The molecule has 0 bridgehead atoms. The van der Waals surface area contributed by atoms with Gasteiger partial charge in [0.05, 0.1) is 12.7 Å². The van der Waals surface area contributed by atoms with Gasteiger partial charge in [0, 0.05) is 25.2 Å². The maximum absolute atomic E-state index is 4.10. The molecular formula is C8H11N3. The Hall–Kier alpha value is -1.25. The molecule has 0 saturated carbocycles. The Kier molecular flexibility index (Phi) is 1.24. The van der Waals surface area contributed by atoms with Crippen LogP contribution in [0, 0.1) is 0 Å². The van der Waals surface area contributed by atoms with Crippen LogP contribution in [0.3, 0.4) is 0 Å². The van der Waals surface area contributed by atoms with Crippen LogP contribution in [0.5, 0.6) is 0 Å². The zero-order valence-electron chi connectivity index (χ0n) is 6.78. The number of aliphatic imine (C=N–C) groups is 1. The molecule has 0 unspecified atom stereocenters. The van der Waals surface area contributed by atoms with Gasteiger partial charge in [-0.2, -0.15) is 0 Å². The van der Waals surface area contributed by atoms with Crippen LogP contribution >= 0.6 is 0 Å². The lowest BCUT2D eigenvalue weighted by Gasteiger charge is -2.22. The Morgan fingerprint density at radius 3 is 3.09 bits per heavy atom. The molecule has 0 atom stereocenters. The lowest BCUT2D eigenvalue weighted by molar-refractivity contribution is 0.412. The van der Waals surface area contributed by atoms with E-state index in [2.05, 4.69) is 35.0 Å². The quantitative estimate of drug-likeness (QED) is 0.511. The summed E-state index contributed by atoms with van der Waals surface area (Å²) in [6, 6.07) is 0. The van der Waals surface area contributed by atoms with Crippen molar-refractivity contribution >= 4 is 6.21 Å². The summed E-state index contributed by atoms with van der Waals surface area (Å²) in [6.45, 7) is 2.99. The number of hydrogen-bond donors (Lipinski definition) is 0. The van der Waals surface area contributed by atoms with E-state index < -0.39 is 0 Å². The van der Waals surface area contributed by atoms with Crippen molar-refractivity contribution in [3.05, 3.63) is 23.9 Å². The predicted molar refractivity (Wildman–Crippen MR) is 44.8 cm³/mol. The van der Waals surface area contributed by atoms with Crippen LogP contribution in [0.15, 0.2) is 28.9 Å². The molecule has 0 aromatic heterocycles. The topological polar surface area (TPSA) is 18.8 Å². The molecule has 2 aliphatic rings. The lowest BCUT2D eigenvalue weighted by Crippen LogP contribution is -2.24. The van der Waals surface area contributed by atoms with Crippen LogP contribution in [-0.2, 0) is 0 Å². The molecule has 0 fully saturated rings. The first-order valence-corrected chi connectivity index (χ1v) is 3.69. The van der Waals surface area contributed by atoms with Crippen molar-refractivity contribution in [3.8, 4) is 0 Å². The Morgan fingerprint density at radius 1 is 1.55 bits per heavy atom. The zero-order valence-corrected chi connectivity index (χ0v) is 6.78. The van der Waals surface area contributed by atoms with Gasteiger partial charge in [-0.15, -0.1) is 0 Å². The van der Waals surface area contributed by atoms with Crippen LogP contribution < -0.4 is 0 Å². The largest absolute Gasteiger partial charge is 0.332 e. The second kappa shape index (κ2) is 2.12. The molecule has 3 heteroatoms. The number of fused-ring (bicyclic) bond motifs is 1. The van der Waals surface area contributed by atoms with Gasteiger partial charge in [0.15, 0.2) is 0 Å². The van der Waals surface area contributed by atoms with Gasteiger partial charge in [0.25, 0.3) is 0 Å². The molecule has 0 aromatic carbocycles. The van der Waals surface area contributed by atoms with Crippen LogP contribution in [0.25, 0.3) is 0 Å². The fraction of sp³-hybridized carbons (Fsp3) is 0.375. The Labute approximate surface area is 66.3 Å². The molecule has 2 heterocycles. The van der Waals surface area contributed by atoms with E-state index in [0.29, 0.717) is 0 Å². The first-order valence-electron chi connectivity index (χ1n) is 3.69. The van der Waals surface area contributed by atoms with Crippen LogP contribution in [0.2, 0.25) is 0 Å². The highest BCUT2D eigenvalue weighted by atomic mass is 15.4. The van der Waals surface area contributed by atoms with Gasteiger partial charge in [-0.1, -0.05) is 0 Å². The molecule has 58 valence electrons. The van der Waals surface area contributed by atoms with E-state index in [1.54, 1.807) is 0 Å². The molecule has 0 aromatic rings. The molecule has 0 radical (unpaired) electrons. The monoisotopic (exact) mass is 149 g/mol. The molecule has 0 saturated heterocycles. The second-order valence-electron chi connectivity index (χ2n) is 2.80. The smallest absolute Gasteiger partial charge is 0.131 e. The SMILES string of the molecule is CC1=CN2CC=NC=C2N1C. The van der Waals surface area contributed by atoms with Gasteiger partial charge >= 0.3 is 0 Å². The minimum absolute atomic E-state index is 0.896. The fourth-order valence-corrected chi connectivity index (χ4v) is 1.31. The Morgan fingerprint density at radius 2 is 2.36 bits per heavy atom. The van der Waals surface area contributed by atoms with Gasteiger partial charge in [0.1, 0.15) is 5.82 Å². The van der Waals surface area contributed by atoms with Gasteiger partial charge in [-0.25, -0.2) is 0 Å². The average molecular weight is 149 g/mol. The third-order valence-corrected chi connectivity index (χ3v) is 2.08. The Balaban J connectivity index is 2.34. The van der Waals surface area contributed by atoms with E-state index in [1.165, 1.54) is 11.5 Å². The molecular weight excluding hydrogens is 138 g/mol. The highest BCUT2D eigenvalue weighted by Crippen LogP contribution is 2.24. The first-order chi connectivity index (χ1) is 5.29. The highest BCUT2D eigenvalue weighted by Gasteiger charge is 2.21. The van der Waals surface area contributed by atoms with E-state index in [9.17, 15) is 0 Å². The van der Waals surface area contributed by atoms with Crippen LogP contribution in [0.4, 0.5) is 0 Å². The van der Waals surface area contributed by atoms with E-state index >= 15 is 0 Å². The molecule has 2 rings (SSSR count). The van der Waals surface area contributed by atoms with Crippen LogP contribution in [0.1, 0.15) is 6.92 Å². The predicted octanol–water partition coefficient (Wildman–Crippen LogP) is 0.978. The van der Waals surface area contributed by atoms with Crippen molar-refractivity contribution in [1.29, 1.82) is 0 Å². The molecule has 0 spiro atoms. The van der Waals surface area contributed by atoms with Crippen LogP contribution in [-0.4, -0.2) is 29.6 Å². The molecule has 0 aliphatic carbocycles. The van der Waals surface area contributed by atoms with Crippen molar-refractivity contribution in [2.45, 2.75) is 6.92 Å². The number of hydrogen-bond acceptors (Lipinski definition) is 3. The van der Waals surface area contributed by atoms with Crippen molar-refractivity contribution in [3.63, 3.8) is 0 Å².